The van der Waals surface area contributed by atoms with Crippen LogP contribution in [-0.2, 0) is 17.8 Å². The first-order chi connectivity index (χ1) is 15.2. The maximum absolute atomic E-state index is 13.0. The van der Waals surface area contributed by atoms with Gasteiger partial charge in [0.05, 0.1) is 10.9 Å². The lowest BCUT2D eigenvalue weighted by Gasteiger charge is -2.34. The molecule has 3 heterocycles. The van der Waals surface area contributed by atoms with Gasteiger partial charge in [-0.05, 0) is 42.7 Å². The Balaban J connectivity index is 1.22. The molecule has 5 rings (SSSR count). The Morgan fingerprint density at radius 3 is 2.48 bits per heavy atom. The van der Waals surface area contributed by atoms with Gasteiger partial charge in [-0.2, -0.15) is 0 Å². The zero-order chi connectivity index (χ0) is 21.2. The molecule has 1 saturated carbocycles. The number of benzene rings is 1. The van der Waals surface area contributed by atoms with Crippen LogP contribution in [0.4, 0.5) is 0 Å². The molecular weight excluding hydrogens is 390 g/mol. The molecule has 0 bridgehead atoms. The van der Waals surface area contributed by atoms with Crippen LogP contribution in [-0.4, -0.2) is 56.4 Å². The Morgan fingerprint density at radius 1 is 1.00 bits per heavy atom. The van der Waals surface area contributed by atoms with E-state index in [2.05, 4.69) is 9.88 Å². The van der Waals surface area contributed by atoms with E-state index in [1.165, 1.54) is 5.56 Å². The minimum atomic E-state index is 0.0280. The van der Waals surface area contributed by atoms with Gasteiger partial charge in [-0.25, -0.2) is 4.98 Å². The van der Waals surface area contributed by atoms with Crippen LogP contribution in [0.25, 0.3) is 10.9 Å². The van der Waals surface area contributed by atoms with Crippen molar-refractivity contribution in [2.45, 2.75) is 38.3 Å². The monoisotopic (exact) mass is 417 g/mol. The van der Waals surface area contributed by atoms with Crippen LogP contribution >= 0.6 is 0 Å². The molecule has 0 N–H and O–H groups in total. The highest BCUT2D eigenvalue weighted by molar-refractivity contribution is 5.78. The number of amides is 1. The molecule has 1 aliphatic heterocycles. The molecule has 1 amide bonds. The molecule has 1 aromatic carbocycles. The number of hydrogen-bond acceptors (Lipinski definition) is 5. The molecule has 7 heteroatoms. The summed E-state index contributed by atoms with van der Waals surface area (Å²) in [5, 5.41) is 0.662. The van der Waals surface area contributed by atoms with Gasteiger partial charge in [0, 0.05) is 64.0 Å². The van der Waals surface area contributed by atoms with Crippen molar-refractivity contribution in [2.75, 3.05) is 26.2 Å². The van der Waals surface area contributed by atoms with E-state index in [0.29, 0.717) is 18.2 Å². The molecular formula is C24H27N5O2. The van der Waals surface area contributed by atoms with Crippen molar-refractivity contribution in [3.8, 4) is 0 Å². The predicted octanol–water partition coefficient (Wildman–Crippen LogP) is 2.40. The van der Waals surface area contributed by atoms with Gasteiger partial charge in [-0.3, -0.25) is 24.0 Å². The maximum Gasteiger partial charge on any atom is 0.261 e. The molecule has 0 unspecified atom stereocenters. The SMILES string of the molecule is O=C(CCc1nc2ccccc2c(=O)n1C1CC1)N1CCN(Cc2ccncc2)CC1. The van der Waals surface area contributed by atoms with E-state index >= 15 is 0 Å². The number of para-hydroxylation sites is 1. The highest BCUT2D eigenvalue weighted by Crippen LogP contribution is 2.35. The average Bonchev–Trinajstić information content (AvgIpc) is 3.64. The van der Waals surface area contributed by atoms with Crippen LogP contribution in [0.15, 0.2) is 53.6 Å². The van der Waals surface area contributed by atoms with Crippen LogP contribution in [0.3, 0.4) is 0 Å². The second kappa shape index (κ2) is 8.59. The molecule has 1 aliphatic carbocycles. The van der Waals surface area contributed by atoms with Gasteiger partial charge in [-0.15, -0.1) is 0 Å². The van der Waals surface area contributed by atoms with E-state index in [9.17, 15) is 9.59 Å². The quantitative estimate of drug-likeness (QED) is 0.616. The zero-order valence-corrected chi connectivity index (χ0v) is 17.6. The number of rotatable bonds is 6. The van der Waals surface area contributed by atoms with Gasteiger partial charge in [0.25, 0.3) is 5.56 Å². The molecule has 2 aliphatic rings. The van der Waals surface area contributed by atoms with E-state index < -0.39 is 0 Å². The lowest BCUT2D eigenvalue weighted by molar-refractivity contribution is -0.133. The highest BCUT2D eigenvalue weighted by atomic mass is 16.2. The van der Waals surface area contributed by atoms with Crippen LogP contribution in [0.2, 0.25) is 0 Å². The molecule has 0 spiro atoms. The third-order valence-corrected chi connectivity index (χ3v) is 6.24. The minimum absolute atomic E-state index is 0.0280. The summed E-state index contributed by atoms with van der Waals surface area (Å²) in [7, 11) is 0. The Morgan fingerprint density at radius 2 is 1.74 bits per heavy atom. The maximum atomic E-state index is 13.0. The molecule has 0 radical (unpaired) electrons. The molecule has 3 aromatic rings. The topological polar surface area (TPSA) is 71.3 Å². The van der Waals surface area contributed by atoms with Crippen LogP contribution < -0.4 is 5.56 Å². The Labute approximate surface area is 181 Å². The fraction of sp³-hybridized carbons (Fsp3) is 0.417. The fourth-order valence-electron chi connectivity index (χ4n) is 4.36. The number of piperazine rings is 1. The fourth-order valence-corrected chi connectivity index (χ4v) is 4.36. The van der Waals surface area contributed by atoms with Crippen LogP contribution in [0.5, 0.6) is 0 Å². The molecule has 31 heavy (non-hydrogen) atoms. The minimum Gasteiger partial charge on any atom is -0.340 e. The summed E-state index contributed by atoms with van der Waals surface area (Å²) in [5.74, 6) is 0.893. The summed E-state index contributed by atoms with van der Waals surface area (Å²) in [6, 6.07) is 11.8. The van der Waals surface area contributed by atoms with E-state index in [0.717, 1.165) is 56.9 Å². The number of aryl methyl sites for hydroxylation is 1. The van der Waals surface area contributed by atoms with Gasteiger partial charge in [0.15, 0.2) is 0 Å². The third kappa shape index (κ3) is 4.37. The van der Waals surface area contributed by atoms with Gasteiger partial charge in [0.2, 0.25) is 5.91 Å². The first-order valence-electron chi connectivity index (χ1n) is 11.1. The van der Waals surface area contributed by atoms with Gasteiger partial charge < -0.3 is 4.90 Å². The first kappa shape index (κ1) is 19.9. The second-order valence-corrected chi connectivity index (χ2v) is 8.46. The van der Waals surface area contributed by atoms with E-state index in [1.807, 2.05) is 58.3 Å². The van der Waals surface area contributed by atoms with Gasteiger partial charge in [-0.1, -0.05) is 12.1 Å². The van der Waals surface area contributed by atoms with Crippen molar-refractivity contribution in [2.24, 2.45) is 0 Å². The summed E-state index contributed by atoms with van der Waals surface area (Å²) in [4.78, 5) is 39.0. The summed E-state index contributed by atoms with van der Waals surface area (Å²) in [5.41, 5.74) is 1.99. The van der Waals surface area contributed by atoms with Crippen molar-refractivity contribution >= 4 is 16.8 Å². The number of carbonyl (C=O) groups excluding carboxylic acids is 1. The molecule has 1 saturated heterocycles. The average molecular weight is 418 g/mol. The number of aromatic nitrogens is 3. The van der Waals surface area contributed by atoms with E-state index in [4.69, 9.17) is 4.98 Å². The predicted molar refractivity (Wildman–Crippen MR) is 119 cm³/mol. The zero-order valence-electron chi connectivity index (χ0n) is 17.6. The molecule has 160 valence electrons. The van der Waals surface area contributed by atoms with Crippen molar-refractivity contribution in [1.29, 1.82) is 0 Å². The van der Waals surface area contributed by atoms with E-state index in [-0.39, 0.29) is 17.5 Å². The Kier molecular flexibility index (Phi) is 5.51. The largest absolute Gasteiger partial charge is 0.340 e. The lowest BCUT2D eigenvalue weighted by atomic mass is 10.2. The standard InChI is InChI=1S/C24H27N5O2/c30-23(28-15-13-27(14-16-28)17-18-9-11-25-12-10-18)8-7-22-26-21-4-2-1-3-20(21)24(31)29(22)19-5-6-19/h1-4,9-12,19H,5-8,13-17H2. The lowest BCUT2D eigenvalue weighted by Crippen LogP contribution is -2.48. The number of nitrogens with zero attached hydrogens (tertiary/aromatic N) is 5. The van der Waals surface area contributed by atoms with Crippen LogP contribution in [0.1, 0.15) is 36.7 Å². The van der Waals surface area contributed by atoms with Crippen LogP contribution in [0, 0.1) is 0 Å². The van der Waals surface area contributed by atoms with Crippen molar-refractivity contribution in [1.82, 2.24) is 24.3 Å². The number of pyridine rings is 1. The normalized spacial score (nSPS) is 17.2. The Hall–Kier alpha value is -3.06. The molecule has 0 atom stereocenters. The van der Waals surface area contributed by atoms with Crippen molar-refractivity contribution in [3.05, 3.63) is 70.5 Å². The van der Waals surface area contributed by atoms with Gasteiger partial charge in [0.1, 0.15) is 5.82 Å². The first-order valence-corrected chi connectivity index (χ1v) is 11.1. The molecule has 2 aromatic heterocycles. The Bertz CT molecular complexity index is 1130. The number of carbonyl (C=O) groups is 1. The van der Waals surface area contributed by atoms with Crippen molar-refractivity contribution in [3.63, 3.8) is 0 Å². The highest BCUT2D eigenvalue weighted by Gasteiger charge is 2.29. The second-order valence-electron chi connectivity index (χ2n) is 8.46. The summed E-state index contributed by atoms with van der Waals surface area (Å²) >= 11 is 0. The summed E-state index contributed by atoms with van der Waals surface area (Å²) in [6.45, 7) is 4.11. The summed E-state index contributed by atoms with van der Waals surface area (Å²) < 4.78 is 1.84. The van der Waals surface area contributed by atoms with Gasteiger partial charge >= 0.3 is 0 Å². The van der Waals surface area contributed by atoms with Crippen molar-refractivity contribution < 1.29 is 4.79 Å². The number of fused-ring (bicyclic) bond motifs is 1. The van der Waals surface area contributed by atoms with E-state index in [1.54, 1.807) is 0 Å². The smallest absolute Gasteiger partial charge is 0.261 e. The molecule has 7 nitrogen and oxygen atoms in total. The number of hydrogen-bond donors (Lipinski definition) is 0. The molecule has 2 fully saturated rings. The third-order valence-electron chi connectivity index (χ3n) is 6.24. The summed E-state index contributed by atoms with van der Waals surface area (Å²) in [6.07, 6.45) is 6.56.